The number of aliphatic hydroxyl groups is 1. The van der Waals surface area contributed by atoms with E-state index in [0.717, 1.165) is 17.5 Å². The molecular formula is C23H30N2O5S. The SMILES string of the molecule is CCOC(=O)[C@H]1[C@H]2C(=O)N(CCO)C(C(=O)Nc3cc(C)ccc3C)C23CC[C@]1(C)S3. The summed E-state index contributed by atoms with van der Waals surface area (Å²) in [7, 11) is 0. The van der Waals surface area contributed by atoms with Crippen molar-refractivity contribution >= 4 is 35.2 Å². The number of hydrogen-bond donors (Lipinski definition) is 2. The van der Waals surface area contributed by atoms with Crippen LogP contribution >= 0.6 is 11.8 Å². The first kappa shape index (κ1) is 22.1. The number of aryl methyl sites for hydroxylation is 2. The minimum atomic E-state index is -0.747. The number of ether oxygens (including phenoxy) is 1. The van der Waals surface area contributed by atoms with E-state index in [0.29, 0.717) is 12.1 Å². The number of thioether (sulfide) groups is 1. The van der Waals surface area contributed by atoms with Crippen molar-refractivity contribution in [2.24, 2.45) is 11.8 Å². The van der Waals surface area contributed by atoms with E-state index in [4.69, 9.17) is 4.74 Å². The fourth-order valence-electron chi connectivity index (χ4n) is 5.74. The van der Waals surface area contributed by atoms with Gasteiger partial charge in [-0.05, 0) is 57.7 Å². The molecule has 0 aliphatic carbocycles. The Morgan fingerprint density at radius 2 is 2.06 bits per heavy atom. The highest BCUT2D eigenvalue weighted by atomic mass is 32.2. The average molecular weight is 447 g/mol. The Bertz CT molecular complexity index is 937. The highest BCUT2D eigenvalue weighted by Gasteiger charge is 2.77. The van der Waals surface area contributed by atoms with Gasteiger partial charge in [0, 0.05) is 17.0 Å². The number of β-amino-alcohol motifs (C(OH)–C–C–N with tert-alkyl or cyclic N) is 1. The van der Waals surface area contributed by atoms with E-state index in [2.05, 4.69) is 5.32 Å². The van der Waals surface area contributed by atoms with Crippen LogP contribution in [0, 0.1) is 25.7 Å². The Morgan fingerprint density at radius 1 is 1.32 bits per heavy atom. The molecule has 2 bridgehead atoms. The van der Waals surface area contributed by atoms with E-state index in [1.807, 2.05) is 39.0 Å². The van der Waals surface area contributed by atoms with Gasteiger partial charge < -0.3 is 20.1 Å². The lowest BCUT2D eigenvalue weighted by atomic mass is 9.66. The van der Waals surface area contributed by atoms with E-state index in [1.54, 1.807) is 18.7 Å². The molecule has 0 saturated carbocycles. The van der Waals surface area contributed by atoms with E-state index in [9.17, 15) is 19.5 Å². The minimum Gasteiger partial charge on any atom is -0.466 e. The van der Waals surface area contributed by atoms with E-state index in [-0.39, 0.29) is 37.5 Å². The fourth-order valence-corrected chi connectivity index (χ4v) is 8.08. The molecule has 4 rings (SSSR count). The summed E-state index contributed by atoms with van der Waals surface area (Å²) < 4.78 is 4.21. The summed E-state index contributed by atoms with van der Waals surface area (Å²) in [6, 6.07) is 5.10. The molecule has 0 aromatic heterocycles. The zero-order chi connectivity index (χ0) is 22.6. The smallest absolute Gasteiger partial charge is 0.311 e. The first-order valence-electron chi connectivity index (χ1n) is 10.8. The van der Waals surface area contributed by atoms with Gasteiger partial charge >= 0.3 is 5.97 Å². The zero-order valence-corrected chi connectivity index (χ0v) is 19.3. The summed E-state index contributed by atoms with van der Waals surface area (Å²) in [5.74, 6) is -2.06. The number of nitrogens with one attached hydrogen (secondary N) is 1. The number of amides is 2. The van der Waals surface area contributed by atoms with Crippen molar-refractivity contribution < 1.29 is 24.2 Å². The molecular weight excluding hydrogens is 416 g/mol. The molecule has 3 heterocycles. The normalized spacial score (nSPS) is 33.5. The van der Waals surface area contributed by atoms with Crippen LogP contribution in [-0.4, -0.2) is 63.1 Å². The van der Waals surface area contributed by atoms with Crippen molar-refractivity contribution in [3.05, 3.63) is 29.3 Å². The number of rotatable bonds is 6. The molecule has 7 nitrogen and oxygen atoms in total. The number of anilines is 1. The zero-order valence-electron chi connectivity index (χ0n) is 18.4. The van der Waals surface area contributed by atoms with Crippen LogP contribution in [-0.2, 0) is 19.1 Å². The largest absolute Gasteiger partial charge is 0.466 e. The van der Waals surface area contributed by atoms with Crippen molar-refractivity contribution in [1.82, 2.24) is 4.90 Å². The second-order valence-electron chi connectivity index (χ2n) is 9.04. The van der Waals surface area contributed by atoms with Crippen LogP contribution in [0.5, 0.6) is 0 Å². The van der Waals surface area contributed by atoms with Crippen LogP contribution in [0.25, 0.3) is 0 Å². The van der Waals surface area contributed by atoms with Gasteiger partial charge in [0.05, 0.1) is 29.8 Å². The standard InChI is InChI=1S/C23H30N2O5S/c1-5-30-21(29)17-16-20(28)25(10-11-26)18(23(16)9-8-22(17,4)31-23)19(27)24-15-12-13(2)6-7-14(15)3/h6-7,12,16-18,26H,5,8-11H2,1-4H3,(H,24,27)/t16-,17+,18?,22-,23?/m0/s1. The second kappa shape index (κ2) is 7.81. The summed E-state index contributed by atoms with van der Waals surface area (Å²) in [5, 5.41) is 12.7. The third-order valence-electron chi connectivity index (χ3n) is 7.06. The quantitative estimate of drug-likeness (QED) is 0.651. The van der Waals surface area contributed by atoms with Gasteiger partial charge in [0.25, 0.3) is 0 Å². The number of likely N-dealkylation sites (tertiary alicyclic amines) is 1. The van der Waals surface area contributed by atoms with Crippen molar-refractivity contribution in [3.8, 4) is 0 Å². The number of carbonyl (C=O) groups excluding carboxylic acids is 3. The predicted molar refractivity (Wildman–Crippen MR) is 119 cm³/mol. The first-order valence-corrected chi connectivity index (χ1v) is 11.7. The summed E-state index contributed by atoms with van der Waals surface area (Å²) in [6.07, 6.45) is 1.42. The molecule has 1 aromatic rings. The van der Waals surface area contributed by atoms with Crippen molar-refractivity contribution in [3.63, 3.8) is 0 Å². The maximum Gasteiger partial charge on any atom is 0.311 e. The van der Waals surface area contributed by atoms with Gasteiger partial charge in [-0.25, -0.2) is 0 Å². The Balaban J connectivity index is 1.73. The number of nitrogens with zero attached hydrogens (tertiary/aromatic N) is 1. The van der Waals surface area contributed by atoms with Gasteiger partial charge in [-0.3, -0.25) is 14.4 Å². The number of hydrogen-bond acceptors (Lipinski definition) is 6. The minimum absolute atomic E-state index is 0.0643. The van der Waals surface area contributed by atoms with E-state index >= 15 is 0 Å². The van der Waals surface area contributed by atoms with Crippen LogP contribution in [0.3, 0.4) is 0 Å². The third-order valence-corrected chi connectivity index (χ3v) is 9.04. The van der Waals surface area contributed by atoms with E-state index < -0.39 is 27.4 Å². The van der Waals surface area contributed by atoms with Gasteiger partial charge in [0.1, 0.15) is 6.04 Å². The maximum absolute atomic E-state index is 13.6. The molecule has 2 unspecified atom stereocenters. The molecule has 3 saturated heterocycles. The Kier molecular flexibility index (Phi) is 5.58. The molecule has 168 valence electrons. The monoisotopic (exact) mass is 446 g/mol. The van der Waals surface area contributed by atoms with Crippen LogP contribution in [0.1, 0.15) is 37.8 Å². The van der Waals surface area contributed by atoms with Gasteiger partial charge in [-0.2, -0.15) is 0 Å². The molecule has 1 spiro atoms. The lowest BCUT2D eigenvalue weighted by Crippen LogP contribution is -2.52. The Hall–Kier alpha value is -2.06. The Morgan fingerprint density at radius 3 is 2.74 bits per heavy atom. The highest BCUT2D eigenvalue weighted by Crippen LogP contribution is 2.71. The molecule has 1 aromatic carbocycles. The topological polar surface area (TPSA) is 95.9 Å². The fraction of sp³-hybridized carbons (Fsp3) is 0.609. The summed E-state index contributed by atoms with van der Waals surface area (Å²) in [4.78, 5) is 41.5. The highest BCUT2D eigenvalue weighted by molar-refractivity contribution is 8.02. The molecule has 8 heteroatoms. The number of carbonyl (C=O) groups is 3. The van der Waals surface area contributed by atoms with Gasteiger partial charge in [0.2, 0.25) is 11.8 Å². The van der Waals surface area contributed by atoms with Gasteiger partial charge in [-0.1, -0.05) is 12.1 Å². The number of esters is 1. The molecule has 3 aliphatic heterocycles. The summed E-state index contributed by atoms with van der Waals surface area (Å²) in [5.41, 5.74) is 2.68. The van der Waals surface area contributed by atoms with E-state index in [1.165, 1.54) is 4.90 Å². The molecule has 2 N–H and O–H groups in total. The second-order valence-corrected chi connectivity index (χ2v) is 10.9. The maximum atomic E-state index is 13.6. The van der Waals surface area contributed by atoms with Gasteiger partial charge in [0.15, 0.2) is 0 Å². The lowest BCUT2D eigenvalue weighted by molar-refractivity contribution is -0.155. The molecule has 5 atom stereocenters. The van der Waals surface area contributed by atoms with Crippen LogP contribution < -0.4 is 5.32 Å². The number of aliphatic hydroxyl groups excluding tert-OH is 1. The molecule has 31 heavy (non-hydrogen) atoms. The molecule has 0 radical (unpaired) electrons. The van der Waals surface area contributed by atoms with Gasteiger partial charge in [-0.15, -0.1) is 11.8 Å². The van der Waals surface area contributed by atoms with Crippen LogP contribution in [0.4, 0.5) is 5.69 Å². The number of benzene rings is 1. The lowest BCUT2D eigenvalue weighted by Gasteiger charge is -2.34. The van der Waals surface area contributed by atoms with Crippen molar-refractivity contribution in [1.29, 1.82) is 0 Å². The summed E-state index contributed by atoms with van der Waals surface area (Å²) in [6.45, 7) is 7.72. The summed E-state index contributed by atoms with van der Waals surface area (Å²) >= 11 is 1.60. The Labute approximate surface area is 186 Å². The first-order chi connectivity index (χ1) is 14.7. The molecule has 3 fully saturated rings. The van der Waals surface area contributed by atoms with Crippen molar-refractivity contribution in [2.45, 2.75) is 56.1 Å². The van der Waals surface area contributed by atoms with Crippen LogP contribution in [0.15, 0.2) is 18.2 Å². The third kappa shape index (κ3) is 3.26. The number of fused-ring (bicyclic) bond motifs is 1. The average Bonchev–Trinajstić information content (AvgIpc) is 3.26. The van der Waals surface area contributed by atoms with Crippen molar-refractivity contribution in [2.75, 3.05) is 25.1 Å². The predicted octanol–water partition coefficient (Wildman–Crippen LogP) is 2.28. The molecule has 3 aliphatic rings. The molecule has 2 amide bonds. The van der Waals surface area contributed by atoms with Crippen LogP contribution in [0.2, 0.25) is 0 Å².